The molecule has 0 bridgehead atoms. The van der Waals surface area contributed by atoms with Gasteiger partial charge in [-0.05, 0) is 61.7 Å². The predicted octanol–water partition coefficient (Wildman–Crippen LogP) is 5.86. The summed E-state index contributed by atoms with van der Waals surface area (Å²) in [5.74, 6) is 0.490. The Kier molecular flexibility index (Phi) is 5.68. The number of nitrogens with one attached hydrogen (secondary N) is 2. The summed E-state index contributed by atoms with van der Waals surface area (Å²) in [4.78, 5) is 28.3. The molecule has 7 heteroatoms. The highest BCUT2D eigenvalue weighted by molar-refractivity contribution is 6.31. The maximum absolute atomic E-state index is 13.2. The lowest BCUT2D eigenvalue weighted by atomic mass is 9.88. The number of carbonyl (C=O) groups excluding carboxylic acids is 2. The molecule has 33 heavy (non-hydrogen) atoms. The number of hydrogen-bond donors (Lipinski definition) is 2. The number of ketones is 1. The molecule has 3 aromatic rings. The van der Waals surface area contributed by atoms with Crippen LogP contribution in [0.1, 0.15) is 36.6 Å². The summed E-state index contributed by atoms with van der Waals surface area (Å²) in [7, 11) is 0. The molecule has 168 valence electrons. The molecular weight excluding hydrogens is 438 g/mol. The minimum atomic E-state index is -0.508. The Morgan fingerprint density at radius 3 is 2.82 bits per heavy atom. The van der Waals surface area contributed by atoms with Crippen molar-refractivity contribution >= 4 is 40.4 Å². The zero-order valence-corrected chi connectivity index (χ0v) is 19.0. The first-order valence-electron chi connectivity index (χ1n) is 11.0. The molecule has 1 aliphatic heterocycles. The monoisotopic (exact) mass is 461 g/mol. The highest BCUT2D eigenvalue weighted by atomic mass is 35.5. The van der Waals surface area contributed by atoms with E-state index in [1.807, 2.05) is 54.3 Å². The van der Waals surface area contributed by atoms with E-state index >= 15 is 0 Å². The first kappa shape index (κ1) is 21.3. The lowest BCUT2D eigenvalue weighted by molar-refractivity contribution is -0.117. The van der Waals surface area contributed by atoms with E-state index in [4.69, 9.17) is 16.0 Å². The number of halogens is 1. The molecular formula is C26H24ClN3O3. The summed E-state index contributed by atoms with van der Waals surface area (Å²) in [5.41, 5.74) is 4.82. The number of anilines is 3. The van der Waals surface area contributed by atoms with Crippen LogP contribution in [0.3, 0.4) is 0 Å². The van der Waals surface area contributed by atoms with Gasteiger partial charge in [0.15, 0.2) is 5.78 Å². The number of fused-ring (bicyclic) bond motifs is 1. The van der Waals surface area contributed by atoms with Crippen LogP contribution in [-0.4, -0.2) is 18.2 Å². The Morgan fingerprint density at radius 2 is 2.03 bits per heavy atom. The van der Waals surface area contributed by atoms with E-state index in [0.717, 1.165) is 35.5 Å². The van der Waals surface area contributed by atoms with E-state index in [2.05, 4.69) is 10.6 Å². The maximum atomic E-state index is 13.2. The molecule has 2 heterocycles. The van der Waals surface area contributed by atoms with Gasteiger partial charge >= 0.3 is 0 Å². The summed E-state index contributed by atoms with van der Waals surface area (Å²) < 4.78 is 5.79. The van der Waals surface area contributed by atoms with E-state index < -0.39 is 6.04 Å². The summed E-state index contributed by atoms with van der Waals surface area (Å²) in [6.07, 6.45) is 3.65. The minimum Gasteiger partial charge on any atom is -0.467 e. The SMILES string of the molecule is Cc1ccc(NC(=O)CN2c3ccccc3NC3=C(C(=O)CCC3)C2c2ccco2)cc1Cl. The highest BCUT2D eigenvalue weighted by Crippen LogP contribution is 2.44. The van der Waals surface area contributed by atoms with Gasteiger partial charge in [-0.1, -0.05) is 29.8 Å². The minimum absolute atomic E-state index is 0.0274. The zero-order chi connectivity index (χ0) is 22.9. The van der Waals surface area contributed by atoms with E-state index in [9.17, 15) is 9.59 Å². The molecule has 0 radical (unpaired) electrons. The molecule has 1 aromatic heterocycles. The molecule has 2 aromatic carbocycles. The molecule has 0 fully saturated rings. The average Bonchev–Trinajstić information content (AvgIpc) is 3.28. The van der Waals surface area contributed by atoms with Gasteiger partial charge in [0, 0.05) is 28.4 Å². The van der Waals surface area contributed by atoms with Gasteiger partial charge in [0.2, 0.25) is 5.91 Å². The Bertz CT molecular complexity index is 1250. The second-order valence-corrected chi connectivity index (χ2v) is 8.78. The molecule has 1 atom stereocenters. The van der Waals surface area contributed by atoms with Crippen LogP contribution in [-0.2, 0) is 9.59 Å². The lowest BCUT2D eigenvalue weighted by Crippen LogP contribution is -2.38. The standard InChI is InChI=1S/C26H24ClN3O3/c1-16-11-12-17(14-18(16)27)28-24(32)15-30-21-8-3-2-6-19(21)29-20-7-4-9-22(31)25(20)26(30)23-10-5-13-33-23/h2-3,5-6,8,10-14,26,29H,4,7,9,15H2,1H3,(H,28,32). The van der Waals surface area contributed by atoms with Gasteiger partial charge in [-0.15, -0.1) is 0 Å². The summed E-state index contributed by atoms with van der Waals surface area (Å²) >= 11 is 6.23. The summed E-state index contributed by atoms with van der Waals surface area (Å²) in [6.45, 7) is 1.94. The Hall–Kier alpha value is -3.51. The van der Waals surface area contributed by atoms with Gasteiger partial charge < -0.3 is 20.0 Å². The van der Waals surface area contributed by atoms with Gasteiger partial charge in [0.1, 0.15) is 11.8 Å². The smallest absolute Gasteiger partial charge is 0.243 e. The van der Waals surface area contributed by atoms with Crippen LogP contribution in [0, 0.1) is 6.92 Å². The van der Waals surface area contributed by atoms with Crippen molar-refractivity contribution in [1.82, 2.24) is 0 Å². The van der Waals surface area contributed by atoms with Crippen molar-refractivity contribution < 1.29 is 14.0 Å². The zero-order valence-electron chi connectivity index (χ0n) is 18.2. The normalized spacial score (nSPS) is 17.7. The van der Waals surface area contributed by atoms with Gasteiger partial charge in [-0.25, -0.2) is 0 Å². The van der Waals surface area contributed by atoms with Crippen molar-refractivity contribution in [2.75, 3.05) is 22.1 Å². The largest absolute Gasteiger partial charge is 0.467 e. The first-order chi connectivity index (χ1) is 16.0. The third-order valence-corrected chi connectivity index (χ3v) is 6.53. The van der Waals surface area contributed by atoms with Crippen molar-refractivity contribution in [1.29, 1.82) is 0 Å². The van der Waals surface area contributed by atoms with Crippen LogP contribution in [0.15, 0.2) is 76.5 Å². The Labute approximate surface area is 197 Å². The number of hydrogen-bond acceptors (Lipinski definition) is 5. The van der Waals surface area contributed by atoms with Crippen LogP contribution in [0.5, 0.6) is 0 Å². The topological polar surface area (TPSA) is 74.6 Å². The van der Waals surface area contributed by atoms with Crippen LogP contribution in [0.4, 0.5) is 17.1 Å². The molecule has 1 amide bonds. The predicted molar refractivity (Wildman–Crippen MR) is 130 cm³/mol. The summed E-state index contributed by atoms with van der Waals surface area (Å²) in [6, 6.07) is 16.4. The maximum Gasteiger partial charge on any atom is 0.243 e. The van der Waals surface area contributed by atoms with Gasteiger partial charge in [-0.2, -0.15) is 0 Å². The Balaban J connectivity index is 1.56. The fourth-order valence-corrected chi connectivity index (χ4v) is 4.72. The molecule has 2 aliphatic rings. The number of nitrogens with zero attached hydrogens (tertiary/aromatic N) is 1. The van der Waals surface area contributed by atoms with Crippen molar-refractivity contribution in [2.24, 2.45) is 0 Å². The van der Waals surface area contributed by atoms with Crippen molar-refractivity contribution in [3.8, 4) is 0 Å². The second-order valence-electron chi connectivity index (χ2n) is 8.37. The van der Waals surface area contributed by atoms with Gasteiger partial charge in [-0.3, -0.25) is 9.59 Å². The van der Waals surface area contributed by atoms with E-state index in [1.165, 1.54) is 0 Å². The molecule has 0 saturated carbocycles. The third-order valence-electron chi connectivity index (χ3n) is 6.12. The molecule has 6 nitrogen and oxygen atoms in total. The van der Waals surface area contributed by atoms with Crippen LogP contribution in [0.2, 0.25) is 5.02 Å². The number of amides is 1. The van der Waals surface area contributed by atoms with Gasteiger partial charge in [0.05, 0.1) is 24.2 Å². The van der Waals surface area contributed by atoms with Crippen molar-refractivity contribution in [3.05, 3.63) is 88.5 Å². The van der Waals surface area contributed by atoms with Crippen LogP contribution >= 0.6 is 11.6 Å². The molecule has 5 rings (SSSR count). The number of benzene rings is 2. The van der Waals surface area contributed by atoms with E-state index in [0.29, 0.717) is 28.5 Å². The fourth-order valence-electron chi connectivity index (χ4n) is 4.54. The van der Waals surface area contributed by atoms with Crippen molar-refractivity contribution in [3.63, 3.8) is 0 Å². The third kappa shape index (κ3) is 4.14. The van der Waals surface area contributed by atoms with Crippen molar-refractivity contribution in [2.45, 2.75) is 32.2 Å². The number of rotatable bonds is 4. The first-order valence-corrected chi connectivity index (χ1v) is 11.4. The molecule has 2 N–H and O–H groups in total. The van der Waals surface area contributed by atoms with Crippen LogP contribution < -0.4 is 15.5 Å². The number of furan rings is 1. The quantitative estimate of drug-likeness (QED) is 0.509. The van der Waals surface area contributed by atoms with E-state index in [1.54, 1.807) is 18.4 Å². The molecule has 0 saturated heterocycles. The van der Waals surface area contributed by atoms with Gasteiger partial charge in [0.25, 0.3) is 0 Å². The molecule has 1 unspecified atom stereocenters. The van der Waals surface area contributed by atoms with E-state index in [-0.39, 0.29) is 18.2 Å². The number of para-hydroxylation sites is 2. The Morgan fingerprint density at radius 1 is 1.18 bits per heavy atom. The molecule has 0 spiro atoms. The number of carbonyl (C=O) groups is 2. The second kappa shape index (κ2) is 8.79. The lowest BCUT2D eigenvalue weighted by Gasteiger charge is -2.33. The molecule has 1 aliphatic carbocycles. The number of Topliss-reactive ketones (excluding diaryl/α,β-unsaturated/α-hetero) is 1. The average molecular weight is 462 g/mol. The number of allylic oxidation sites excluding steroid dienone is 1. The number of aryl methyl sites for hydroxylation is 1. The van der Waals surface area contributed by atoms with Crippen LogP contribution in [0.25, 0.3) is 0 Å². The fraction of sp³-hybridized carbons (Fsp3) is 0.231. The highest BCUT2D eigenvalue weighted by Gasteiger charge is 2.38. The summed E-state index contributed by atoms with van der Waals surface area (Å²) in [5, 5.41) is 7.01.